The summed E-state index contributed by atoms with van der Waals surface area (Å²) in [6.07, 6.45) is -2.30. The van der Waals surface area contributed by atoms with E-state index in [-0.39, 0.29) is 23.1 Å². The number of aryl methyl sites for hydroxylation is 2. The van der Waals surface area contributed by atoms with E-state index in [0.717, 1.165) is 23.4 Å². The first-order chi connectivity index (χ1) is 21.4. The summed E-state index contributed by atoms with van der Waals surface area (Å²) in [4.78, 5) is 35.5. The van der Waals surface area contributed by atoms with Crippen LogP contribution in [-0.4, -0.2) is 58.9 Å². The summed E-state index contributed by atoms with van der Waals surface area (Å²) in [5, 5.41) is 13.4. The minimum Gasteiger partial charge on any atom is -0.469 e. The lowest BCUT2D eigenvalue weighted by Gasteiger charge is -2.33. The summed E-state index contributed by atoms with van der Waals surface area (Å²) < 4.78 is 48.0. The second-order valence-electron chi connectivity index (χ2n) is 10.8. The van der Waals surface area contributed by atoms with Crippen LogP contribution >= 0.6 is 0 Å². The van der Waals surface area contributed by atoms with Crippen molar-refractivity contribution in [3.8, 4) is 5.82 Å². The molecule has 4 aromatic rings. The van der Waals surface area contributed by atoms with E-state index in [0.29, 0.717) is 54.8 Å². The van der Waals surface area contributed by atoms with Gasteiger partial charge in [0, 0.05) is 54.9 Å². The van der Waals surface area contributed by atoms with Crippen LogP contribution in [0.2, 0.25) is 0 Å². The number of halogens is 3. The molecule has 2 aromatic heterocycles. The Balaban J connectivity index is 1.38. The third-order valence-electron chi connectivity index (χ3n) is 7.62. The van der Waals surface area contributed by atoms with Gasteiger partial charge in [-0.3, -0.25) is 9.59 Å². The summed E-state index contributed by atoms with van der Waals surface area (Å²) in [5.41, 5.74) is 1.83. The Morgan fingerprint density at radius 2 is 1.76 bits per heavy atom. The number of aromatic nitrogens is 4. The second kappa shape index (κ2) is 12.8. The number of amides is 1. The van der Waals surface area contributed by atoms with Crippen molar-refractivity contribution in [1.82, 2.24) is 19.7 Å². The van der Waals surface area contributed by atoms with Crippen LogP contribution in [-0.2, 0) is 15.7 Å². The monoisotopic (exact) mass is 622 g/mol. The highest BCUT2D eigenvalue weighted by atomic mass is 19.4. The van der Waals surface area contributed by atoms with Gasteiger partial charge in [-0.15, -0.1) is 0 Å². The zero-order chi connectivity index (χ0) is 32.3. The number of hydrogen-bond donors (Lipinski definition) is 3. The van der Waals surface area contributed by atoms with E-state index in [1.165, 1.54) is 19.5 Å². The predicted molar refractivity (Wildman–Crippen MR) is 164 cm³/mol. The highest BCUT2D eigenvalue weighted by Gasteiger charge is 2.33. The maximum Gasteiger partial charge on any atom is 0.416 e. The molecule has 0 aliphatic carbocycles. The fourth-order valence-corrected chi connectivity index (χ4v) is 5.17. The highest BCUT2D eigenvalue weighted by molar-refractivity contribution is 6.05. The summed E-state index contributed by atoms with van der Waals surface area (Å²) in [5.74, 6) is 0.521. The van der Waals surface area contributed by atoms with Crippen LogP contribution in [0.15, 0.2) is 54.9 Å². The van der Waals surface area contributed by atoms with Crippen LogP contribution in [0.5, 0.6) is 0 Å². The van der Waals surface area contributed by atoms with E-state index >= 15 is 0 Å². The number of ether oxygens (including phenoxy) is 1. The Kier molecular flexibility index (Phi) is 8.93. The lowest BCUT2D eigenvalue weighted by Crippen LogP contribution is -2.36. The van der Waals surface area contributed by atoms with Crippen molar-refractivity contribution < 1.29 is 27.5 Å². The van der Waals surface area contributed by atoms with Gasteiger partial charge in [0.15, 0.2) is 5.82 Å². The van der Waals surface area contributed by atoms with Crippen LogP contribution in [0.1, 0.15) is 40.0 Å². The van der Waals surface area contributed by atoms with Crippen LogP contribution in [0.4, 0.5) is 41.9 Å². The zero-order valence-corrected chi connectivity index (χ0v) is 25.2. The number of alkyl halides is 3. The average molecular weight is 623 g/mol. The summed E-state index contributed by atoms with van der Waals surface area (Å²) in [7, 11) is 3.06. The third kappa shape index (κ3) is 7.16. The fraction of sp³-hybridized carbons (Fsp3) is 0.323. The van der Waals surface area contributed by atoms with E-state index < -0.39 is 17.6 Å². The second-order valence-corrected chi connectivity index (χ2v) is 10.8. The molecular weight excluding hydrogens is 589 g/mol. The predicted octanol–water partition coefficient (Wildman–Crippen LogP) is 5.72. The molecule has 14 heteroatoms. The maximum absolute atomic E-state index is 13.9. The van der Waals surface area contributed by atoms with Gasteiger partial charge in [-0.05, 0) is 62.6 Å². The summed E-state index contributed by atoms with van der Waals surface area (Å²) in [6, 6.07) is 12.0. The molecule has 1 aliphatic rings. The molecule has 0 radical (unpaired) electrons. The lowest BCUT2D eigenvalue weighted by molar-refractivity contribution is -0.146. The minimum atomic E-state index is -4.63. The molecule has 3 heterocycles. The Hall–Kier alpha value is -5.14. The molecular formula is C31H33F3N8O3. The van der Waals surface area contributed by atoms with Crippen molar-refractivity contribution in [2.24, 2.45) is 5.92 Å². The van der Waals surface area contributed by atoms with E-state index in [1.807, 2.05) is 19.9 Å². The molecule has 1 aliphatic heterocycles. The zero-order valence-electron chi connectivity index (χ0n) is 25.2. The molecule has 0 saturated carbocycles. The quantitative estimate of drug-likeness (QED) is 0.211. The van der Waals surface area contributed by atoms with Crippen molar-refractivity contribution in [2.45, 2.75) is 32.9 Å². The Labute approximate surface area is 257 Å². The molecule has 0 atom stereocenters. The highest BCUT2D eigenvalue weighted by Crippen LogP contribution is 2.36. The van der Waals surface area contributed by atoms with Gasteiger partial charge in [-0.1, -0.05) is 6.07 Å². The van der Waals surface area contributed by atoms with E-state index in [9.17, 15) is 22.8 Å². The van der Waals surface area contributed by atoms with Gasteiger partial charge in [-0.25, -0.2) is 9.97 Å². The first kappa shape index (κ1) is 31.3. The number of esters is 1. The first-order valence-electron chi connectivity index (χ1n) is 14.3. The first-order valence-corrected chi connectivity index (χ1v) is 14.3. The molecule has 1 saturated heterocycles. The number of piperidine rings is 1. The van der Waals surface area contributed by atoms with Gasteiger partial charge in [0.25, 0.3) is 5.91 Å². The summed E-state index contributed by atoms with van der Waals surface area (Å²) >= 11 is 0. The fourth-order valence-electron chi connectivity index (χ4n) is 5.17. The van der Waals surface area contributed by atoms with Crippen molar-refractivity contribution in [1.29, 1.82) is 0 Å². The topological polar surface area (TPSA) is 126 Å². The van der Waals surface area contributed by atoms with Crippen LogP contribution in [0.3, 0.4) is 0 Å². The molecule has 0 unspecified atom stereocenters. The number of anilines is 5. The lowest BCUT2D eigenvalue weighted by atomic mass is 9.96. The minimum absolute atomic E-state index is 0.00722. The Bertz CT molecular complexity index is 1710. The Morgan fingerprint density at radius 1 is 1.00 bits per heavy atom. The van der Waals surface area contributed by atoms with Crippen LogP contribution in [0.25, 0.3) is 5.82 Å². The van der Waals surface area contributed by atoms with Crippen LogP contribution in [0, 0.1) is 19.8 Å². The maximum atomic E-state index is 13.9. The molecule has 0 spiro atoms. The van der Waals surface area contributed by atoms with Crippen molar-refractivity contribution >= 4 is 40.6 Å². The molecule has 45 heavy (non-hydrogen) atoms. The standard InChI is InChI=1S/C31H33F3N8O3/c1-18-5-6-21(12-25(18)39-28-11-19(2)40-42(28)27-16-26(35-3)36-17-37-27)29(43)38-23-13-22(31(32,33)34)14-24(15-23)41-9-7-20(8-10-41)30(44)45-4/h5-6,11-17,20,39H,7-10H2,1-4H3,(H,38,43)(H,35,36,37). The number of carbonyl (C=O) groups is 2. The number of benzene rings is 2. The van der Waals surface area contributed by atoms with Crippen molar-refractivity contribution in [3.05, 3.63) is 77.2 Å². The molecule has 11 nitrogen and oxygen atoms in total. The smallest absolute Gasteiger partial charge is 0.416 e. The van der Waals surface area contributed by atoms with E-state index in [2.05, 4.69) is 31.0 Å². The number of nitrogens with zero attached hydrogens (tertiary/aromatic N) is 5. The number of hydrogen-bond acceptors (Lipinski definition) is 9. The molecule has 1 amide bonds. The van der Waals surface area contributed by atoms with Gasteiger partial charge in [0.05, 0.1) is 24.3 Å². The molecule has 5 rings (SSSR count). The molecule has 3 N–H and O–H groups in total. The van der Waals surface area contributed by atoms with Gasteiger partial charge in [-0.2, -0.15) is 23.0 Å². The van der Waals surface area contributed by atoms with Crippen LogP contribution < -0.4 is 20.9 Å². The van der Waals surface area contributed by atoms with Gasteiger partial charge in [0.1, 0.15) is 18.0 Å². The third-order valence-corrected chi connectivity index (χ3v) is 7.62. The van der Waals surface area contributed by atoms with Crippen molar-refractivity contribution in [3.63, 3.8) is 0 Å². The van der Waals surface area contributed by atoms with Gasteiger partial charge < -0.3 is 25.6 Å². The Morgan fingerprint density at radius 3 is 2.44 bits per heavy atom. The van der Waals surface area contributed by atoms with Crippen molar-refractivity contribution in [2.75, 3.05) is 48.1 Å². The molecule has 0 bridgehead atoms. The van der Waals surface area contributed by atoms with E-state index in [4.69, 9.17) is 4.74 Å². The summed E-state index contributed by atoms with van der Waals surface area (Å²) in [6.45, 7) is 4.46. The molecule has 1 fully saturated rings. The SMILES string of the molecule is CNc1cc(-n2nc(C)cc2Nc2cc(C(=O)Nc3cc(N4CCC(C(=O)OC)CC4)cc(C(F)(F)F)c3)ccc2C)ncn1. The number of carbonyl (C=O) groups excluding carboxylic acids is 2. The van der Waals surface area contributed by atoms with E-state index in [1.54, 1.807) is 40.9 Å². The number of nitrogens with one attached hydrogen (secondary N) is 3. The largest absolute Gasteiger partial charge is 0.469 e. The molecule has 236 valence electrons. The van der Waals surface area contributed by atoms with Gasteiger partial charge >= 0.3 is 12.1 Å². The number of methoxy groups -OCH3 is 1. The average Bonchev–Trinajstić information content (AvgIpc) is 3.40. The molecule has 2 aromatic carbocycles. The number of rotatable bonds is 8. The van der Waals surface area contributed by atoms with Gasteiger partial charge in [0.2, 0.25) is 0 Å². The normalized spacial score (nSPS) is 13.8.